The molecule has 2 N–H and O–H groups in total. The molecule has 0 bridgehead atoms. The third-order valence-corrected chi connectivity index (χ3v) is 4.36. The molecule has 4 heteroatoms. The van der Waals surface area contributed by atoms with Gasteiger partial charge in [-0.2, -0.15) is 0 Å². The fourth-order valence-electron chi connectivity index (χ4n) is 2.29. The SMILES string of the molecule is Cc1ccc(C(=O)NCC2CCCCC2O)s1. The number of aryl methyl sites for hydroxylation is 1. The highest BCUT2D eigenvalue weighted by Crippen LogP contribution is 2.23. The average Bonchev–Trinajstić information content (AvgIpc) is 2.74. The molecule has 1 heterocycles. The fraction of sp³-hybridized carbons (Fsp3) is 0.615. The number of carbonyl (C=O) groups excluding carboxylic acids is 1. The van der Waals surface area contributed by atoms with Crippen LogP contribution in [0.3, 0.4) is 0 Å². The molecule has 1 fully saturated rings. The van der Waals surface area contributed by atoms with E-state index >= 15 is 0 Å². The van der Waals surface area contributed by atoms with Gasteiger partial charge < -0.3 is 10.4 Å². The van der Waals surface area contributed by atoms with Gasteiger partial charge in [-0.3, -0.25) is 4.79 Å². The second-order valence-corrected chi connectivity index (χ2v) is 6.02. The topological polar surface area (TPSA) is 49.3 Å². The lowest BCUT2D eigenvalue weighted by molar-refractivity contribution is 0.0664. The molecule has 0 spiro atoms. The van der Waals surface area contributed by atoms with Gasteiger partial charge in [0.05, 0.1) is 11.0 Å². The smallest absolute Gasteiger partial charge is 0.261 e. The van der Waals surface area contributed by atoms with Gasteiger partial charge in [0.25, 0.3) is 5.91 Å². The van der Waals surface area contributed by atoms with Crippen molar-refractivity contribution in [2.24, 2.45) is 5.92 Å². The first-order chi connectivity index (χ1) is 8.16. The van der Waals surface area contributed by atoms with Crippen molar-refractivity contribution in [3.8, 4) is 0 Å². The Bertz CT molecular complexity index is 389. The molecule has 2 rings (SSSR count). The maximum Gasteiger partial charge on any atom is 0.261 e. The highest BCUT2D eigenvalue weighted by molar-refractivity contribution is 7.13. The van der Waals surface area contributed by atoms with E-state index in [-0.39, 0.29) is 17.9 Å². The van der Waals surface area contributed by atoms with E-state index in [0.717, 1.165) is 35.4 Å². The maximum atomic E-state index is 11.8. The van der Waals surface area contributed by atoms with E-state index in [1.807, 2.05) is 19.1 Å². The van der Waals surface area contributed by atoms with E-state index in [4.69, 9.17) is 0 Å². The lowest BCUT2D eigenvalue weighted by Gasteiger charge is -2.27. The minimum atomic E-state index is -0.242. The Morgan fingerprint density at radius 2 is 2.24 bits per heavy atom. The molecule has 3 nitrogen and oxygen atoms in total. The number of amides is 1. The maximum absolute atomic E-state index is 11.8. The van der Waals surface area contributed by atoms with Gasteiger partial charge in [0.15, 0.2) is 0 Å². The summed E-state index contributed by atoms with van der Waals surface area (Å²) in [4.78, 5) is 13.7. The Hall–Kier alpha value is -0.870. The third kappa shape index (κ3) is 3.30. The fourth-order valence-corrected chi connectivity index (χ4v) is 3.08. The number of nitrogens with one attached hydrogen (secondary N) is 1. The van der Waals surface area contributed by atoms with Gasteiger partial charge >= 0.3 is 0 Å². The minimum absolute atomic E-state index is 0.0131. The number of hydrogen-bond donors (Lipinski definition) is 2. The van der Waals surface area contributed by atoms with Crippen LogP contribution in [0.15, 0.2) is 12.1 Å². The summed E-state index contributed by atoms with van der Waals surface area (Å²) in [5.74, 6) is 0.217. The van der Waals surface area contributed by atoms with Gasteiger partial charge in [-0.1, -0.05) is 12.8 Å². The van der Waals surface area contributed by atoms with E-state index < -0.39 is 0 Å². The molecule has 1 aliphatic rings. The second kappa shape index (κ2) is 5.65. The normalized spacial score (nSPS) is 24.6. The van der Waals surface area contributed by atoms with Crippen LogP contribution in [-0.4, -0.2) is 23.7 Å². The molecular formula is C13H19NO2S. The van der Waals surface area contributed by atoms with Gasteiger partial charge in [0, 0.05) is 17.3 Å². The largest absolute Gasteiger partial charge is 0.393 e. The number of rotatable bonds is 3. The zero-order valence-electron chi connectivity index (χ0n) is 10.1. The van der Waals surface area contributed by atoms with E-state index in [2.05, 4.69) is 5.32 Å². The zero-order chi connectivity index (χ0) is 12.3. The molecule has 1 aromatic rings. The van der Waals surface area contributed by atoms with Crippen molar-refractivity contribution in [2.75, 3.05) is 6.54 Å². The highest BCUT2D eigenvalue weighted by Gasteiger charge is 2.23. The number of hydrogen-bond acceptors (Lipinski definition) is 3. The molecule has 2 unspecified atom stereocenters. The molecule has 2 atom stereocenters. The van der Waals surface area contributed by atoms with Crippen molar-refractivity contribution < 1.29 is 9.90 Å². The van der Waals surface area contributed by atoms with Crippen LogP contribution in [0.4, 0.5) is 0 Å². The van der Waals surface area contributed by atoms with Crippen LogP contribution in [0, 0.1) is 12.8 Å². The standard InChI is InChI=1S/C13H19NO2S/c1-9-6-7-12(17-9)13(16)14-8-10-4-2-3-5-11(10)15/h6-7,10-11,15H,2-5,8H2,1H3,(H,14,16). The summed E-state index contributed by atoms with van der Waals surface area (Å²) < 4.78 is 0. The Balaban J connectivity index is 1.83. The van der Waals surface area contributed by atoms with Crippen molar-refractivity contribution in [3.63, 3.8) is 0 Å². The summed E-state index contributed by atoms with van der Waals surface area (Å²) in [6, 6.07) is 3.81. The molecule has 0 aliphatic heterocycles. The average molecular weight is 253 g/mol. The molecule has 1 aliphatic carbocycles. The second-order valence-electron chi connectivity index (χ2n) is 4.73. The van der Waals surface area contributed by atoms with Crippen LogP contribution in [0.2, 0.25) is 0 Å². The van der Waals surface area contributed by atoms with Gasteiger partial charge in [-0.25, -0.2) is 0 Å². The number of aliphatic hydroxyl groups is 1. The summed E-state index contributed by atoms with van der Waals surface area (Å²) in [6.07, 6.45) is 3.92. The first kappa shape index (κ1) is 12.6. The van der Waals surface area contributed by atoms with Gasteiger partial charge in [-0.05, 0) is 31.9 Å². The minimum Gasteiger partial charge on any atom is -0.393 e. The van der Waals surface area contributed by atoms with Crippen LogP contribution < -0.4 is 5.32 Å². The summed E-state index contributed by atoms with van der Waals surface area (Å²) in [7, 11) is 0. The molecule has 0 aromatic carbocycles. The van der Waals surface area contributed by atoms with Crippen molar-refractivity contribution in [1.82, 2.24) is 5.32 Å². The van der Waals surface area contributed by atoms with E-state index in [9.17, 15) is 9.90 Å². The predicted octanol–water partition coefficient (Wildman–Crippen LogP) is 2.34. The van der Waals surface area contributed by atoms with Crippen molar-refractivity contribution >= 4 is 17.2 Å². The zero-order valence-corrected chi connectivity index (χ0v) is 10.9. The van der Waals surface area contributed by atoms with E-state index in [1.54, 1.807) is 0 Å². The van der Waals surface area contributed by atoms with Crippen LogP contribution in [-0.2, 0) is 0 Å². The number of thiophene rings is 1. The van der Waals surface area contributed by atoms with Crippen molar-refractivity contribution in [1.29, 1.82) is 0 Å². The molecule has 1 saturated carbocycles. The Labute approximate surface area is 106 Å². The van der Waals surface area contributed by atoms with Crippen LogP contribution in [0.1, 0.15) is 40.2 Å². The third-order valence-electron chi connectivity index (χ3n) is 3.36. The first-order valence-corrected chi connectivity index (χ1v) is 7.01. The summed E-state index contributed by atoms with van der Waals surface area (Å²) >= 11 is 1.51. The van der Waals surface area contributed by atoms with Crippen LogP contribution >= 0.6 is 11.3 Å². The Kier molecular flexibility index (Phi) is 4.18. The molecule has 1 amide bonds. The van der Waals surface area contributed by atoms with E-state index in [0.29, 0.717) is 6.54 Å². The Morgan fingerprint density at radius 1 is 1.47 bits per heavy atom. The summed E-state index contributed by atoms with van der Waals surface area (Å²) in [5, 5.41) is 12.7. The predicted molar refractivity (Wildman–Crippen MR) is 69.4 cm³/mol. The van der Waals surface area contributed by atoms with Crippen molar-refractivity contribution in [2.45, 2.75) is 38.7 Å². The van der Waals surface area contributed by atoms with Crippen LogP contribution in [0.25, 0.3) is 0 Å². The first-order valence-electron chi connectivity index (χ1n) is 6.19. The molecular weight excluding hydrogens is 234 g/mol. The molecule has 17 heavy (non-hydrogen) atoms. The summed E-state index contributed by atoms with van der Waals surface area (Å²) in [5.41, 5.74) is 0. The monoisotopic (exact) mass is 253 g/mol. The highest BCUT2D eigenvalue weighted by atomic mass is 32.1. The van der Waals surface area contributed by atoms with Gasteiger partial charge in [-0.15, -0.1) is 11.3 Å². The molecule has 0 saturated heterocycles. The number of aliphatic hydroxyl groups excluding tert-OH is 1. The lowest BCUT2D eigenvalue weighted by Crippen LogP contribution is -2.36. The van der Waals surface area contributed by atoms with Gasteiger partial charge in [0.1, 0.15) is 0 Å². The molecule has 1 aromatic heterocycles. The van der Waals surface area contributed by atoms with E-state index in [1.165, 1.54) is 11.3 Å². The van der Waals surface area contributed by atoms with Crippen LogP contribution in [0.5, 0.6) is 0 Å². The van der Waals surface area contributed by atoms with Gasteiger partial charge in [0.2, 0.25) is 0 Å². The molecule has 94 valence electrons. The van der Waals surface area contributed by atoms with Crippen molar-refractivity contribution in [3.05, 3.63) is 21.9 Å². The Morgan fingerprint density at radius 3 is 2.88 bits per heavy atom. The molecule has 0 radical (unpaired) electrons. The quantitative estimate of drug-likeness (QED) is 0.868. The lowest BCUT2D eigenvalue weighted by atomic mass is 9.86. The number of carbonyl (C=O) groups is 1. The summed E-state index contributed by atoms with van der Waals surface area (Å²) in [6.45, 7) is 2.59.